The molecule has 1 aromatic rings. The summed E-state index contributed by atoms with van der Waals surface area (Å²) in [4.78, 5) is 23.6. The zero-order chi connectivity index (χ0) is 16.0. The maximum atomic E-state index is 11.9. The van der Waals surface area contributed by atoms with Gasteiger partial charge in [-0.25, -0.2) is 4.79 Å². The fourth-order valence-electron chi connectivity index (χ4n) is 1.98. The van der Waals surface area contributed by atoms with Gasteiger partial charge in [-0.2, -0.15) is 5.10 Å². The molecule has 0 radical (unpaired) electrons. The zero-order valence-corrected chi connectivity index (χ0v) is 13.2. The van der Waals surface area contributed by atoms with Gasteiger partial charge < -0.3 is 9.47 Å². The third kappa shape index (κ3) is 4.29. The number of aromatic nitrogens is 2. The third-order valence-corrected chi connectivity index (χ3v) is 3.17. The number of hydrogen-bond acceptors (Lipinski definition) is 6. The van der Waals surface area contributed by atoms with E-state index in [1.807, 2.05) is 13.8 Å². The summed E-state index contributed by atoms with van der Waals surface area (Å²) in [5.74, 6) is -0.678. The average Bonchev–Trinajstić information content (AvgIpc) is 2.80. The molecule has 1 aromatic heterocycles. The van der Waals surface area contributed by atoms with Crippen molar-refractivity contribution >= 4 is 11.9 Å². The minimum Gasteiger partial charge on any atom is -0.468 e. The molecule has 1 heterocycles. The molecule has 0 spiro atoms. The molecule has 1 atom stereocenters. The lowest BCUT2D eigenvalue weighted by Crippen LogP contribution is -2.41. The van der Waals surface area contributed by atoms with E-state index in [0.29, 0.717) is 24.4 Å². The summed E-state index contributed by atoms with van der Waals surface area (Å²) in [6.07, 6.45) is 1.47. The first-order chi connectivity index (χ1) is 9.92. The summed E-state index contributed by atoms with van der Waals surface area (Å²) in [6.45, 7) is 6.21. The number of ether oxygens (including phenoxy) is 2. The number of nitrogens with one attached hydrogen (secondary N) is 1. The maximum Gasteiger partial charge on any atom is 0.341 e. The lowest BCUT2D eigenvalue weighted by atomic mass is 10.0. The number of rotatable bonds is 7. The molecule has 7 heteroatoms. The Kier molecular flexibility index (Phi) is 6.36. The number of carbonyl (C=O) groups excluding carboxylic acids is 2. The van der Waals surface area contributed by atoms with E-state index in [9.17, 15) is 9.59 Å². The van der Waals surface area contributed by atoms with Crippen molar-refractivity contribution in [3.05, 3.63) is 17.5 Å². The van der Waals surface area contributed by atoms with Crippen molar-refractivity contribution in [3.8, 4) is 0 Å². The van der Waals surface area contributed by atoms with Crippen LogP contribution in [0, 0.1) is 5.92 Å². The van der Waals surface area contributed by atoms with Crippen molar-refractivity contribution < 1.29 is 19.1 Å². The quantitative estimate of drug-likeness (QED) is 0.752. The smallest absolute Gasteiger partial charge is 0.341 e. The van der Waals surface area contributed by atoms with Crippen LogP contribution in [-0.4, -0.2) is 41.5 Å². The van der Waals surface area contributed by atoms with Crippen LogP contribution < -0.4 is 5.32 Å². The van der Waals surface area contributed by atoms with Crippen LogP contribution in [0.25, 0.3) is 0 Å². The molecule has 7 nitrogen and oxygen atoms in total. The maximum absolute atomic E-state index is 11.9. The van der Waals surface area contributed by atoms with Gasteiger partial charge in [0.2, 0.25) is 0 Å². The number of hydrogen-bond donors (Lipinski definition) is 1. The van der Waals surface area contributed by atoms with Crippen LogP contribution in [0.1, 0.15) is 36.8 Å². The van der Waals surface area contributed by atoms with E-state index in [1.54, 1.807) is 18.7 Å². The molecule has 0 aliphatic heterocycles. The molecular formula is C14H23N3O4. The predicted octanol–water partition coefficient (Wildman–Crippen LogP) is 0.884. The summed E-state index contributed by atoms with van der Waals surface area (Å²) < 4.78 is 11.4. The molecule has 0 aliphatic rings. The number of esters is 2. The second-order valence-electron chi connectivity index (χ2n) is 4.97. The summed E-state index contributed by atoms with van der Waals surface area (Å²) in [6, 6.07) is -0.444. The lowest BCUT2D eigenvalue weighted by Gasteiger charge is -2.20. The van der Waals surface area contributed by atoms with Gasteiger partial charge in [0.15, 0.2) is 0 Å². The largest absolute Gasteiger partial charge is 0.468 e. The summed E-state index contributed by atoms with van der Waals surface area (Å²) in [7, 11) is 3.09. The zero-order valence-electron chi connectivity index (χ0n) is 13.2. The Bertz CT molecular complexity index is 496. The molecular weight excluding hydrogens is 274 g/mol. The van der Waals surface area contributed by atoms with Gasteiger partial charge in [0.05, 0.1) is 25.6 Å². The lowest BCUT2D eigenvalue weighted by molar-refractivity contribution is -0.144. The van der Waals surface area contributed by atoms with Crippen molar-refractivity contribution in [2.24, 2.45) is 13.0 Å². The first-order valence-corrected chi connectivity index (χ1v) is 6.91. The molecule has 0 fully saturated rings. The molecule has 1 unspecified atom stereocenters. The monoisotopic (exact) mass is 297 g/mol. The number of nitrogens with zero attached hydrogens (tertiary/aromatic N) is 2. The van der Waals surface area contributed by atoms with Crippen LogP contribution in [0.15, 0.2) is 6.20 Å². The second kappa shape index (κ2) is 7.78. The van der Waals surface area contributed by atoms with Crippen LogP contribution in [0.4, 0.5) is 0 Å². The molecule has 0 amide bonds. The number of carbonyl (C=O) groups is 2. The molecule has 1 rings (SSSR count). The summed E-state index contributed by atoms with van der Waals surface area (Å²) >= 11 is 0. The van der Waals surface area contributed by atoms with Gasteiger partial charge in [0.25, 0.3) is 0 Å². The molecule has 21 heavy (non-hydrogen) atoms. The Morgan fingerprint density at radius 2 is 2.10 bits per heavy atom. The predicted molar refractivity (Wildman–Crippen MR) is 76.6 cm³/mol. The van der Waals surface area contributed by atoms with E-state index in [2.05, 4.69) is 10.4 Å². The van der Waals surface area contributed by atoms with E-state index in [-0.39, 0.29) is 11.9 Å². The first-order valence-electron chi connectivity index (χ1n) is 6.91. The average molecular weight is 297 g/mol. The van der Waals surface area contributed by atoms with Crippen molar-refractivity contribution in [2.75, 3.05) is 13.7 Å². The summed E-state index contributed by atoms with van der Waals surface area (Å²) in [5.41, 5.74) is 1.07. The van der Waals surface area contributed by atoms with Gasteiger partial charge in [-0.3, -0.25) is 14.8 Å². The van der Waals surface area contributed by atoms with E-state index in [1.165, 1.54) is 13.3 Å². The van der Waals surface area contributed by atoms with Gasteiger partial charge in [0, 0.05) is 13.6 Å². The van der Waals surface area contributed by atoms with Gasteiger partial charge in [-0.1, -0.05) is 13.8 Å². The molecule has 0 aromatic carbocycles. The van der Waals surface area contributed by atoms with Crippen molar-refractivity contribution in [1.82, 2.24) is 15.1 Å². The molecule has 0 bridgehead atoms. The Morgan fingerprint density at radius 3 is 2.62 bits per heavy atom. The second-order valence-corrected chi connectivity index (χ2v) is 4.97. The molecule has 0 saturated heterocycles. The highest BCUT2D eigenvalue weighted by Gasteiger charge is 2.24. The van der Waals surface area contributed by atoms with Gasteiger partial charge in [-0.15, -0.1) is 0 Å². The Labute approximate surface area is 124 Å². The number of aryl methyl sites for hydroxylation is 1. The van der Waals surface area contributed by atoms with Crippen molar-refractivity contribution in [2.45, 2.75) is 33.4 Å². The van der Waals surface area contributed by atoms with Crippen LogP contribution in [0.3, 0.4) is 0 Å². The van der Waals surface area contributed by atoms with E-state index < -0.39 is 12.0 Å². The fourth-order valence-corrected chi connectivity index (χ4v) is 1.98. The summed E-state index contributed by atoms with van der Waals surface area (Å²) in [5, 5.41) is 7.17. The Hall–Kier alpha value is -1.89. The van der Waals surface area contributed by atoms with Crippen molar-refractivity contribution in [1.29, 1.82) is 0 Å². The highest BCUT2D eigenvalue weighted by molar-refractivity contribution is 5.90. The molecule has 0 saturated carbocycles. The SMILES string of the molecule is CCOC(=O)c1cnn(C)c1CNC(C(=O)OC)C(C)C. The van der Waals surface area contributed by atoms with Gasteiger partial charge in [0.1, 0.15) is 11.6 Å². The van der Waals surface area contributed by atoms with Crippen LogP contribution in [-0.2, 0) is 27.9 Å². The third-order valence-electron chi connectivity index (χ3n) is 3.17. The highest BCUT2D eigenvalue weighted by Crippen LogP contribution is 2.11. The van der Waals surface area contributed by atoms with Crippen LogP contribution >= 0.6 is 0 Å². The van der Waals surface area contributed by atoms with E-state index in [0.717, 1.165) is 0 Å². The standard InChI is InChI=1S/C14H23N3O4/c1-6-21-13(18)10-7-16-17(4)11(10)8-15-12(9(2)3)14(19)20-5/h7,9,12,15H,6,8H2,1-5H3. The normalized spacial score (nSPS) is 12.3. The van der Waals surface area contributed by atoms with Crippen LogP contribution in [0.2, 0.25) is 0 Å². The van der Waals surface area contributed by atoms with Crippen molar-refractivity contribution in [3.63, 3.8) is 0 Å². The van der Waals surface area contributed by atoms with E-state index in [4.69, 9.17) is 9.47 Å². The fraction of sp³-hybridized carbons (Fsp3) is 0.643. The van der Waals surface area contributed by atoms with Gasteiger partial charge >= 0.3 is 11.9 Å². The molecule has 118 valence electrons. The Balaban J connectivity index is 2.85. The van der Waals surface area contributed by atoms with E-state index >= 15 is 0 Å². The first kappa shape index (κ1) is 17.2. The Morgan fingerprint density at radius 1 is 1.43 bits per heavy atom. The minimum atomic E-state index is -0.444. The molecule has 1 N–H and O–H groups in total. The highest BCUT2D eigenvalue weighted by atomic mass is 16.5. The van der Waals surface area contributed by atoms with Crippen LogP contribution in [0.5, 0.6) is 0 Å². The minimum absolute atomic E-state index is 0.0664. The topological polar surface area (TPSA) is 82.5 Å². The van der Waals surface area contributed by atoms with Gasteiger partial charge in [-0.05, 0) is 12.8 Å². The molecule has 0 aliphatic carbocycles. The number of methoxy groups -OCH3 is 1.